The van der Waals surface area contributed by atoms with Crippen molar-refractivity contribution in [2.45, 2.75) is 46.2 Å². The van der Waals surface area contributed by atoms with Gasteiger partial charge in [-0.3, -0.25) is 9.78 Å². The monoisotopic (exact) mass is 510 g/mol. The summed E-state index contributed by atoms with van der Waals surface area (Å²) in [6, 6.07) is 19.9. The first kappa shape index (κ1) is 24.6. The van der Waals surface area contributed by atoms with Gasteiger partial charge in [-0.25, -0.2) is 4.98 Å². The number of pyridine rings is 2. The fraction of sp³-hybridized carbons (Fsp3) is 0.241. The lowest BCUT2D eigenvalue weighted by molar-refractivity contribution is -0.115. The molecular weight excluding hydrogens is 480 g/mol. The Bertz CT molecular complexity index is 1450. The maximum absolute atomic E-state index is 12.0. The van der Waals surface area contributed by atoms with Gasteiger partial charge in [0.2, 0.25) is 5.91 Å². The first-order valence-corrected chi connectivity index (χ1v) is 12.8. The second kappa shape index (κ2) is 10.1. The zero-order valence-electron chi connectivity index (χ0n) is 21.4. The van der Waals surface area contributed by atoms with Gasteiger partial charge in [0.05, 0.1) is 17.8 Å². The maximum Gasteiger partial charge on any atom is 0.224 e. The number of thiocarbonyl (C=S) groups is 1. The lowest BCUT2D eigenvalue weighted by Gasteiger charge is -2.28. The minimum atomic E-state index is -0.147. The smallest absolute Gasteiger partial charge is 0.224 e. The van der Waals surface area contributed by atoms with E-state index in [0.29, 0.717) is 11.5 Å². The lowest BCUT2D eigenvalue weighted by atomic mass is 9.96. The number of nitrogens with one attached hydrogen (secondary N) is 2. The summed E-state index contributed by atoms with van der Waals surface area (Å²) in [5.41, 5.74) is 6.99. The van der Waals surface area contributed by atoms with E-state index in [2.05, 4.69) is 56.0 Å². The van der Waals surface area contributed by atoms with Crippen molar-refractivity contribution in [3.05, 3.63) is 101 Å². The van der Waals surface area contributed by atoms with E-state index in [-0.39, 0.29) is 18.0 Å². The molecule has 1 aliphatic heterocycles. The highest BCUT2D eigenvalue weighted by Gasteiger charge is 2.42. The van der Waals surface area contributed by atoms with Gasteiger partial charge in [0.25, 0.3) is 0 Å². The Morgan fingerprint density at radius 3 is 2.43 bits per heavy atom. The van der Waals surface area contributed by atoms with Crippen LogP contribution in [-0.2, 0) is 4.79 Å². The molecule has 1 aliphatic rings. The number of rotatable bonds is 6. The molecule has 0 radical (unpaired) electrons. The van der Waals surface area contributed by atoms with Crippen LogP contribution in [0.5, 0.6) is 0 Å². The number of aryl methyl sites for hydroxylation is 2. The Hall–Kier alpha value is -4.04. The highest BCUT2D eigenvalue weighted by Crippen LogP contribution is 2.44. The van der Waals surface area contributed by atoms with E-state index in [9.17, 15) is 4.79 Å². The molecule has 7 nitrogen and oxygen atoms in total. The molecule has 1 fully saturated rings. The summed E-state index contributed by atoms with van der Waals surface area (Å²) in [6.07, 6.45) is 4.05. The van der Waals surface area contributed by atoms with Crippen molar-refractivity contribution in [3.63, 3.8) is 0 Å². The van der Waals surface area contributed by atoms with Crippen molar-refractivity contribution < 1.29 is 4.79 Å². The summed E-state index contributed by atoms with van der Waals surface area (Å²) in [6.45, 7) is 8.07. The minimum absolute atomic E-state index is 0.00994. The van der Waals surface area contributed by atoms with Gasteiger partial charge in [0.15, 0.2) is 5.11 Å². The summed E-state index contributed by atoms with van der Waals surface area (Å²) < 4.78 is 2.18. The zero-order chi connectivity index (χ0) is 26.1. The molecule has 0 spiro atoms. The predicted octanol–water partition coefficient (Wildman–Crippen LogP) is 5.72. The van der Waals surface area contributed by atoms with Crippen LogP contribution in [-0.4, -0.2) is 25.6 Å². The van der Waals surface area contributed by atoms with Crippen LogP contribution in [0.4, 0.5) is 11.4 Å². The number of amides is 1. The first-order valence-electron chi connectivity index (χ1n) is 12.4. The van der Waals surface area contributed by atoms with Gasteiger partial charge in [0.1, 0.15) is 5.82 Å². The molecule has 1 saturated heterocycles. The molecule has 2 atom stereocenters. The van der Waals surface area contributed by atoms with Gasteiger partial charge >= 0.3 is 0 Å². The van der Waals surface area contributed by atoms with Gasteiger partial charge in [0, 0.05) is 41.6 Å². The average Bonchev–Trinajstić information content (AvgIpc) is 3.41. The minimum Gasteiger partial charge on any atom is -0.351 e. The Morgan fingerprint density at radius 1 is 1.03 bits per heavy atom. The van der Waals surface area contributed by atoms with Crippen LogP contribution in [0.1, 0.15) is 53.6 Å². The van der Waals surface area contributed by atoms with E-state index in [1.165, 1.54) is 0 Å². The van der Waals surface area contributed by atoms with E-state index >= 15 is 0 Å². The van der Waals surface area contributed by atoms with Crippen molar-refractivity contribution in [1.82, 2.24) is 19.9 Å². The summed E-state index contributed by atoms with van der Waals surface area (Å²) in [4.78, 5) is 23.4. The molecule has 37 heavy (non-hydrogen) atoms. The fourth-order valence-corrected chi connectivity index (χ4v) is 5.40. The van der Waals surface area contributed by atoms with Gasteiger partial charge in [-0.05, 0) is 92.6 Å². The fourth-order valence-electron chi connectivity index (χ4n) is 5.05. The Balaban J connectivity index is 1.63. The van der Waals surface area contributed by atoms with Gasteiger partial charge in [-0.1, -0.05) is 19.1 Å². The molecule has 1 amide bonds. The van der Waals surface area contributed by atoms with Gasteiger partial charge in [-0.15, -0.1) is 0 Å². The number of benzene rings is 1. The van der Waals surface area contributed by atoms with Crippen LogP contribution < -0.4 is 15.5 Å². The van der Waals surface area contributed by atoms with E-state index in [4.69, 9.17) is 12.2 Å². The summed E-state index contributed by atoms with van der Waals surface area (Å²) in [5, 5.41) is 7.15. The molecule has 1 aromatic carbocycles. The largest absolute Gasteiger partial charge is 0.351 e. The second-order valence-corrected chi connectivity index (χ2v) is 9.63. The molecule has 0 unspecified atom stereocenters. The molecule has 188 valence electrons. The standard InChI is InChI=1S/C29H30N6OS/c1-5-26(36)32-23-13-12-21(16-18(23)2)35-28(27(33-29(35)37)24-10-6-8-14-30-24)22-17-19(3)34(20(22)4)25-11-7-9-15-31-25/h6-17,27-28H,5H2,1-4H3,(H,32,36)(H,33,37)/t27-,28+/m0/s1. The molecule has 8 heteroatoms. The third-order valence-electron chi connectivity index (χ3n) is 6.85. The molecule has 5 rings (SSSR count). The number of carbonyl (C=O) groups excluding carboxylic acids is 1. The van der Waals surface area contributed by atoms with Crippen molar-refractivity contribution >= 4 is 34.6 Å². The normalized spacial score (nSPS) is 17.1. The Morgan fingerprint density at radius 2 is 1.78 bits per heavy atom. The third kappa shape index (κ3) is 4.60. The van der Waals surface area contributed by atoms with E-state index in [1.54, 1.807) is 0 Å². The molecule has 0 bridgehead atoms. The van der Waals surface area contributed by atoms with E-state index in [0.717, 1.165) is 45.4 Å². The van der Waals surface area contributed by atoms with Gasteiger partial charge in [-0.2, -0.15) is 0 Å². The topological polar surface area (TPSA) is 75.1 Å². The lowest BCUT2D eigenvalue weighted by Crippen LogP contribution is -2.29. The number of hydrogen-bond acceptors (Lipinski definition) is 4. The molecule has 4 aromatic rings. The van der Waals surface area contributed by atoms with E-state index < -0.39 is 0 Å². The third-order valence-corrected chi connectivity index (χ3v) is 7.16. The van der Waals surface area contributed by atoms with Gasteiger partial charge < -0.3 is 20.1 Å². The van der Waals surface area contributed by atoms with Crippen LogP contribution in [0.15, 0.2) is 73.1 Å². The highest BCUT2D eigenvalue weighted by molar-refractivity contribution is 7.80. The molecule has 4 heterocycles. The molecule has 0 saturated carbocycles. The van der Waals surface area contributed by atoms with Crippen molar-refractivity contribution in [3.8, 4) is 5.82 Å². The molecule has 2 N–H and O–H groups in total. The zero-order valence-corrected chi connectivity index (χ0v) is 22.2. The quantitative estimate of drug-likeness (QED) is 0.323. The summed E-state index contributed by atoms with van der Waals surface area (Å²) in [7, 11) is 0. The molecular formula is C29H30N6OS. The summed E-state index contributed by atoms with van der Waals surface area (Å²) in [5.74, 6) is 0.870. The van der Waals surface area contributed by atoms with Crippen molar-refractivity contribution in [1.29, 1.82) is 0 Å². The number of anilines is 2. The Labute approximate surface area is 222 Å². The Kier molecular flexibility index (Phi) is 6.76. The first-order chi connectivity index (χ1) is 17.9. The van der Waals surface area contributed by atoms with E-state index in [1.807, 2.05) is 74.8 Å². The molecule has 0 aliphatic carbocycles. The van der Waals surface area contributed by atoms with Crippen LogP contribution in [0.2, 0.25) is 0 Å². The van der Waals surface area contributed by atoms with Crippen molar-refractivity contribution in [2.24, 2.45) is 0 Å². The van der Waals surface area contributed by atoms with Crippen LogP contribution in [0, 0.1) is 20.8 Å². The maximum atomic E-state index is 12.0. The SMILES string of the molecule is CCC(=O)Nc1ccc(N2C(=S)N[C@@H](c3ccccn3)[C@H]2c2cc(C)n(-c3ccccn3)c2C)cc1C. The number of hydrogen-bond donors (Lipinski definition) is 2. The number of nitrogens with zero attached hydrogens (tertiary/aromatic N) is 4. The molecule has 3 aromatic heterocycles. The van der Waals surface area contributed by atoms with Crippen LogP contribution in [0.25, 0.3) is 5.82 Å². The average molecular weight is 511 g/mol. The van der Waals surface area contributed by atoms with Crippen LogP contribution in [0.3, 0.4) is 0 Å². The second-order valence-electron chi connectivity index (χ2n) is 9.25. The predicted molar refractivity (Wildman–Crippen MR) is 151 cm³/mol. The number of aromatic nitrogens is 3. The van der Waals surface area contributed by atoms with Crippen LogP contribution >= 0.6 is 12.2 Å². The number of carbonyl (C=O) groups is 1. The highest BCUT2D eigenvalue weighted by atomic mass is 32.1. The van der Waals surface area contributed by atoms with Crippen molar-refractivity contribution in [2.75, 3.05) is 10.2 Å². The summed E-state index contributed by atoms with van der Waals surface area (Å²) >= 11 is 5.92.